The number of carbonyl (C=O) groups is 2. The van der Waals surface area contributed by atoms with Crippen LogP contribution >= 0.6 is 0 Å². The van der Waals surface area contributed by atoms with Gasteiger partial charge in [0.05, 0.1) is 17.9 Å². The fraction of sp³-hybridized carbons (Fsp3) is 0.448. The summed E-state index contributed by atoms with van der Waals surface area (Å²) in [6.07, 6.45) is 6.16. The number of nitrogens with zero attached hydrogens (tertiary/aromatic N) is 1. The first-order chi connectivity index (χ1) is 17.3. The number of allylic oxidation sites excluding steroid dienone is 2. The van der Waals surface area contributed by atoms with Crippen LogP contribution in [0.25, 0.3) is 16.8 Å². The van der Waals surface area contributed by atoms with Crippen molar-refractivity contribution in [1.82, 2.24) is 4.90 Å². The van der Waals surface area contributed by atoms with Gasteiger partial charge in [0.1, 0.15) is 5.75 Å². The van der Waals surface area contributed by atoms with E-state index in [1.807, 2.05) is 30.3 Å². The smallest absolute Gasteiger partial charge is 0.455 e. The van der Waals surface area contributed by atoms with Crippen LogP contribution in [0.5, 0.6) is 5.75 Å². The summed E-state index contributed by atoms with van der Waals surface area (Å²) in [6.45, 7) is 4.22. The quantitative estimate of drug-likeness (QED) is 0.342. The maximum absolute atomic E-state index is 13.0. The second-order valence-corrected chi connectivity index (χ2v) is 10.6. The van der Waals surface area contributed by atoms with Gasteiger partial charge in [0.25, 0.3) is 0 Å². The van der Waals surface area contributed by atoms with Gasteiger partial charge in [-0.25, -0.2) is 0 Å². The van der Waals surface area contributed by atoms with Crippen LogP contribution in [0.4, 0.5) is 0 Å². The molecule has 2 heterocycles. The molecule has 0 unspecified atom stereocenters. The zero-order chi connectivity index (χ0) is 25.6. The van der Waals surface area contributed by atoms with Crippen LogP contribution in [0.3, 0.4) is 0 Å². The Morgan fingerprint density at radius 3 is 2.64 bits per heavy atom. The van der Waals surface area contributed by atoms with Gasteiger partial charge < -0.3 is 14.8 Å². The van der Waals surface area contributed by atoms with Crippen LogP contribution in [0.2, 0.25) is 6.32 Å². The standard InChI is InChI=1S/C29H34BNO5/c1-4-7-19-15-22-27(29(34)31(3)28(22)33)23-16-30(35)36-25(26(19)23)13-10-17(2)14-18-11-12-24(32)21-9-6-5-8-20(18)21/h5-6,8-9,11-12,14,22-23,25,27,32,35H,4,7,10,13,15-16H2,1-3H3/b17-14+/t22-,23+,25-,27-/m1/s1. The molecule has 36 heavy (non-hydrogen) atoms. The number of likely N-dealkylation sites (tertiary alicyclic amines) is 1. The highest BCUT2D eigenvalue weighted by atomic mass is 16.5. The molecule has 3 aliphatic rings. The molecule has 0 saturated carbocycles. The second-order valence-electron chi connectivity index (χ2n) is 10.6. The van der Waals surface area contributed by atoms with E-state index in [0.717, 1.165) is 41.2 Å². The summed E-state index contributed by atoms with van der Waals surface area (Å²) in [4.78, 5) is 27.1. The Morgan fingerprint density at radius 2 is 1.89 bits per heavy atom. The topological polar surface area (TPSA) is 87.1 Å². The molecule has 4 atom stereocenters. The van der Waals surface area contributed by atoms with Gasteiger partial charge in [-0.3, -0.25) is 14.5 Å². The summed E-state index contributed by atoms with van der Waals surface area (Å²) in [5, 5.41) is 22.7. The van der Waals surface area contributed by atoms with Crippen molar-refractivity contribution in [3.8, 4) is 5.75 Å². The maximum Gasteiger partial charge on any atom is 0.455 e. The van der Waals surface area contributed by atoms with Gasteiger partial charge in [0, 0.05) is 12.4 Å². The molecule has 0 radical (unpaired) electrons. The normalized spacial score (nSPS) is 26.6. The van der Waals surface area contributed by atoms with Crippen LogP contribution in [-0.2, 0) is 14.2 Å². The van der Waals surface area contributed by atoms with Gasteiger partial charge in [-0.1, -0.05) is 60.9 Å². The molecule has 2 fully saturated rings. The molecule has 2 amide bonds. The van der Waals surface area contributed by atoms with Gasteiger partial charge >= 0.3 is 7.12 Å². The number of amides is 2. The van der Waals surface area contributed by atoms with Crippen LogP contribution in [-0.4, -0.2) is 47.1 Å². The summed E-state index contributed by atoms with van der Waals surface area (Å²) in [5.41, 5.74) is 4.61. The average molecular weight is 487 g/mol. The molecule has 2 aromatic carbocycles. The Labute approximate surface area is 212 Å². The summed E-state index contributed by atoms with van der Waals surface area (Å²) >= 11 is 0. The Hall–Kier alpha value is -2.90. The number of phenolic OH excluding ortho intramolecular Hbond substituents is 1. The molecule has 2 aliphatic heterocycles. The van der Waals surface area contributed by atoms with Gasteiger partial charge in [-0.2, -0.15) is 0 Å². The summed E-state index contributed by atoms with van der Waals surface area (Å²) < 4.78 is 6.08. The zero-order valence-electron chi connectivity index (χ0n) is 21.2. The number of imide groups is 1. The van der Waals surface area contributed by atoms with Crippen LogP contribution in [0.15, 0.2) is 53.1 Å². The fourth-order valence-corrected chi connectivity index (χ4v) is 6.59. The van der Waals surface area contributed by atoms with E-state index in [1.165, 1.54) is 16.0 Å². The fourth-order valence-electron chi connectivity index (χ4n) is 6.59. The number of hydrogen-bond donors (Lipinski definition) is 2. The number of fused-ring (bicyclic) bond motifs is 4. The predicted octanol–water partition coefficient (Wildman–Crippen LogP) is 4.96. The molecular formula is C29H34BNO5. The lowest BCUT2D eigenvalue weighted by Gasteiger charge is -2.43. The number of rotatable bonds is 6. The molecule has 0 spiro atoms. The highest BCUT2D eigenvalue weighted by Gasteiger charge is 2.56. The third kappa shape index (κ3) is 4.29. The average Bonchev–Trinajstić information content (AvgIpc) is 3.08. The van der Waals surface area contributed by atoms with Crippen molar-refractivity contribution in [2.24, 2.45) is 17.8 Å². The van der Waals surface area contributed by atoms with Crippen LogP contribution in [0.1, 0.15) is 51.5 Å². The third-order valence-electron chi connectivity index (χ3n) is 8.22. The van der Waals surface area contributed by atoms with E-state index >= 15 is 0 Å². The minimum atomic E-state index is -0.940. The van der Waals surface area contributed by atoms with Crippen molar-refractivity contribution >= 4 is 35.8 Å². The van der Waals surface area contributed by atoms with Gasteiger partial charge in [0.15, 0.2) is 0 Å². The first kappa shape index (κ1) is 24.8. The van der Waals surface area contributed by atoms with Gasteiger partial charge in [-0.15, -0.1) is 0 Å². The monoisotopic (exact) mass is 487 g/mol. The molecule has 188 valence electrons. The molecule has 1 aliphatic carbocycles. The van der Waals surface area contributed by atoms with Crippen LogP contribution < -0.4 is 0 Å². The van der Waals surface area contributed by atoms with E-state index in [-0.39, 0.29) is 41.4 Å². The zero-order valence-corrected chi connectivity index (χ0v) is 21.2. The number of carbonyl (C=O) groups excluding carboxylic acids is 2. The van der Waals surface area contributed by atoms with E-state index in [1.54, 1.807) is 13.1 Å². The number of hydrogen-bond acceptors (Lipinski definition) is 5. The molecular weight excluding hydrogens is 453 g/mol. The molecule has 2 saturated heterocycles. The van der Waals surface area contributed by atoms with E-state index in [2.05, 4.69) is 19.9 Å². The predicted molar refractivity (Wildman–Crippen MR) is 141 cm³/mol. The first-order valence-corrected chi connectivity index (χ1v) is 13.0. The molecule has 7 heteroatoms. The summed E-state index contributed by atoms with van der Waals surface area (Å²) in [5.74, 6) is -0.785. The van der Waals surface area contributed by atoms with Gasteiger partial charge in [0.2, 0.25) is 11.8 Å². The first-order valence-electron chi connectivity index (χ1n) is 13.0. The minimum Gasteiger partial charge on any atom is -0.507 e. The Kier molecular flexibility index (Phi) is 6.79. The maximum atomic E-state index is 13.0. The third-order valence-corrected chi connectivity index (χ3v) is 8.22. The molecule has 5 rings (SSSR count). The molecule has 2 N–H and O–H groups in total. The lowest BCUT2D eigenvalue weighted by atomic mass is 9.58. The highest BCUT2D eigenvalue weighted by Crippen LogP contribution is 2.51. The Balaban J connectivity index is 1.42. The van der Waals surface area contributed by atoms with Crippen molar-refractivity contribution in [2.45, 2.75) is 58.4 Å². The number of aromatic hydroxyl groups is 1. The van der Waals surface area contributed by atoms with Crippen molar-refractivity contribution in [3.05, 3.63) is 58.7 Å². The lowest BCUT2D eigenvalue weighted by Crippen LogP contribution is -2.46. The van der Waals surface area contributed by atoms with Crippen LogP contribution in [0, 0.1) is 17.8 Å². The summed E-state index contributed by atoms with van der Waals surface area (Å²) in [6, 6.07) is 11.5. The minimum absolute atomic E-state index is 0.0879. The van der Waals surface area contributed by atoms with Gasteiger partial charge in [-0.05, 0) is 67.4 Å². The van der Waals surface area contributed by atoms with E-state index in [4.69, 9.17) is 4.65 Å². The van der Waals surface area contributed by atoms with E-state index in [9.17, 15) is 19.7 Å². The largest absolute Gasteiger partial charge is 0.507 e. The second kappa shape index (κ2) is 9.87. The Bertz CT molecular complexity index is 1270. The molecule has 2 aromatic rings. The highest BCUT2D eigenvalue weighted by molar-refractivity contribution is 6.43. The van der Waals surface area contributed by atoms with E-state index in [0.29, 0.717) is 19.2 Å². The number of phenols is 1. The van der Waals surface area contributed by atoms with Crippen molar-refractivity contribution < 1.29 is 24.4 Å². The van der Waals surface area contributed by atoms with Crippen molar-refractivity contribution in [3.63, 3.8) is 0 Å². The SMILES string of the molecule is CCCC1=C2[C@@H](CC/C(C)=C/c3ccc(O)c4ccccc34)OB(O)C[C@@H]2[C@@H]2C(=O)N(C)C(=O)[C@@H]2C1. The molecule has 0 bridgehead atoms. The summed E-state index contributed by atoms with van der Waals surface area (Å²) in [7, 11) is 0.640. The van der Waals surface area contributed by atoms with Crippen molar-refractivity contribution in [2.75, 3.05) is 7.05 Å². The van der Waals surface area contributed by atoms with Crippen molar-refractivity contribution in [1.29, 1.82) is 0 Å². The Morgan fingerprint density at radius 1 is 1.14 bits per heavy atom. The molecule has 6 nitrogen and oxygen atoms in total. The lowest BCUT2D eigenvalue weighted by molar-refractivity contribution is -0.138. The number of benzene rings is 2. The molecule has 0 aromatic heterocycles. The van der Waals surface area contributed by atoms with E-state index < -0.39 is 7.12 Å².